The minimum atomic E-state index is -4.16. The molecule has 0 aliphatic rings. The van der Waals surface area contributed by atoms with Crippen molar-refractivity contribution in [3.63, 3.8) is 0 Å². The Balaban J connectivity index is 2.99. The molecule has 0 fully saturated rings. The molecule has 0 saturated carbocycles. The monoisotopic (exact) mass is 313 g/mol. The number of hydrogen-bond donors (Lipinski definition) is 1. The molecule has 0 radical (unpaired) electrons. The summed E-state index contributed by atoms with van der Waals surface area (Å²) in [6, 6.07) is 1.63. The van der Waals surface area contributed by atoms with Gasteiger partial charge in [-0.3, -0.25) is 0 Å². The van der Waals surface area contributed by atoms with Crippen molar-refractivity contribution in [2.75, 3.05) is 19.6 Å². The van der Waals surface area contributed by atoms with E-state index in [1.54, 1.807) is 0 Å². The van der Waals surface area contributed by atoms with Crippen LogP contribution in [0.2, 0.25) is 0 Å². The Labute approximate surface area is 115 Å². The molecule has 4 nitrogen and oxygen atoms in total. The zero-order valence-corrected chi connectivity index (χ0v) is 11.8. The Morgan fingerprint density at radius 1 is 1.42 bits per heavy atom. The Bertz CT molecular complexity index is 519. The number of halogens is 3. The van der Waals surface area contributed by atoms with E-state index in [0.717, 1.165) is 12.1 Å². The number of methoxy groups -OCH3 is 1. The first-order valence-electron chi connectivity index (χ1n) is 5.43. The largest absolute Gasteiger partial charge is 0.383 e. The average molecular weight is 314 g/mol. The summed E-state index contributed by atoms with van der Waals surface area (Å²) in [5.41, 5.74) is 0. The van der Waals surface area contributed by atoms with Gasteiger partial charge in [-0.1, -0.05) is 0 Å². The average Bonchev–Trinajstić information content (AvgIpc) is 2.32. The lowest BCUT2D eigenvalue weighted by Crippen LogP contribution is -2.38. The third-order valence-electron chi connectivity index (χ3n) is 2.33. The third kappa shape index (κ3) is 4.68. The summed E-state index contributed by atoms with van der Waals surface area (Å²) in [4.78, 5) is -0.733. The number of benzene rings is 1. The normalized spacial score (nSPS) is 13.5. The molecular formula is C11H14ClF2NO3S. The first-order valence-corrected chi connectivity index (χ1v) is 7.44. The lowest BCUT2D eigenvalue weighted by atomic mass is 10.3. The third-order valence-corrected chi connectivity index (χ3v) is 4.08. The van der Waals surface area contributed by atoms with Crippen LogP contribution in [-0.4, -0.2) is 34.1 Å². The molecule has 1 N–H and O–H groups in total. The minimum absolute atomic E-state index is 0.0862. The number of ether oxygens (including phenoxy) is 1. The van der Waals surface area contributed by atoms with Gasteiger partial charge < -0.3 is 4.74 Å². The van der Waals surface area contributed by atoms with Gasteiger partial charge in [-0.05, 0) is 24.6 Å². The van der Waals surface area contributed by atoms with Gasteiger partial charge in [-0.25, -0.2) is 21.9 Å². The Morgan fingerprint density at radius 3 is 2.68 bits per heavy atom. The van der Waals surface area contributed by atoms with E-state index in [1.807, 2.05) is 0 Å². The summed E-state index contributed by atoms with van der Waals surface area (Å²) < 4.78 is 57.4. The topological polar surface area (TPSA) is 55.4 Å². The highest BCUT2D eigenvalue weighted by Gasteiger charge is 2.23. The van der Waals surface area contributed by atoms with Gasteiger partial charge in [0.25, 0.3) is 0 Å². The van der Waals surface area contributed by atoms with Crippen molar-refractivity contribution in [3.05, 3.63) is 29.8 Å². The summed E-state index contributed by atoms with van der Waals surface area (Å²) >= 11 is 5.54. The summed E-state index contributed by atoms with van der Waals surface area (Å²) in [6.45, 7) is 0.0862. The molecule has 0 bridgehead atoms. The van der Waals surface area contributed by atoms with Crippen LogP contribution in [0.15, 0.2) is 23.1 Å². The van der Waals surface area contributed by atoms with Crippen molar-refractivity contribution in [3.8, 4) is 0 Å². The van der Waals surface area contributed by atoms with Crippen molar-refractivity contribution in [1.82, 2.24) is 4.72 Å². The second-order valence-electron chi connectivity index (χ2n) is 3.83. The number of hydrogen-bond acceptors (Lipinski definition) is 3. The van der Waals surface area contributed by atoms with Crippen LogP contribution >= 0.6 is 11.6 Å². The molecule has 8 heteroatoms. The number of sulfonamides is 1. The lowest BCUT2D eigenvalue weighted by molar-refractivity contribution is 0.173. The molecule has 0 aliphatic carbocycles. The zero-order valence-electron chi connectivity index (χ0n) is 10.2. The first-order chi connectivity index (χ1) is 8.90. The van der Waals surface area contributed by atoms with E-state index in [1.165, 1.54) is 7.11 Å². The van der Waals surface area contributed by atoms with E-state index >= 15 is 0 Å². The zero-order chi connectivity index (χ0) is 14.5. The maximum Gasteiger partial charge on any atom is 0.243 e. The van der Waals surface area contributed by atoms with E-state index in [0.29, 0.717) is 12.5 Å². The van der Waals surface area contributed by atoms with Gasteiger partial charge in [0.2, 0.25) is 10.0 Å². The second-order valence-corrected chi connectivity index (χ2v) is 5.89. The summed E-state index contributed by atoms with van der Waals surface area (Å²) in [5, 5.41) is 0. The van der Waals surface area contributed by atoms with Gasteiger partial charge in [0.05, 0.1) is 6.61 Å². The number of alkyl halides is 1. The molecule has 1 atom stereocenters. The quantitative estimate of drug-likeness (QED) is 0.782. The molecular weight excluding hydrogens is 300 g/mol. The van der Waals surface area contributed by atoms with E-state index in [9.17, 15) is 17.2 Å². The molecule has 0 heterocycles. The van der Waals surface area contributed by atoms with E-state index < -0.39 is 32.6 Å². The summed E-state index contributed by atoms with van der Waals surface area (Å²) in [6.07, 6.45) is 0.311. The molecule has 19 heavy (non-hydrogen) atoms. The fourth-order valence-corrected chi connectivity index (χ4v) is 3.08. The molecule has 1 unspecified atom stereocenters. The van der Waals surface area contributed by atoms with Crippen molar-refractivity contribution in [1.29, 1.82) is 0 Å². The van der Waals surface area contributed by atoms with Crippen LogP contribution < -0.4 is 4.72 Å². The molecule has 0 aromatic heterocycles. The Morgan fingerprint density at radius 2 is 2.11 bits per heavy atom. The molecule has 1 aromatic rings. The van der Waals surface area contributed by atoms with Crippen molar-refractivity contribution in [2.45, 2.75) is 17.4 Å². The fourth-order valence-electron chi connectivity index (χ4n) is 1.48. The molecule has 0 aliphatic heterocycles. The molecule has 0 spiro atoms. The minimum Gasteiger partial charge on any atom is -0.383 e. The lowest BCUT2D eigenvalue weighted by Gasteiger charge is -2.17. The molecule has 108 valence electrons. The van der Waals surface area contributed by atoms with E-state index in [4.69, 9.17) is 16.3 Å². The number of nitrogens with one attached hydrogen (secondary N) is 1. The van der Waals surface area contributed by atoms with E-state index in [-0.39, 0.29) is 12.5 Å². The molecule has 0 amide bonds. The van der Waals surface area contributed by atoms with Gasteiger partial charge in [0.15, 0.2) is 0 Å². The highest BCUT2D eigenvalue weighted by molar-refractivity contribution is 7.89. The van der Waals surface area contributed by atoms with Crippen LogP contribution in [0.4, 0.5) is 8.78 Å². The molecule has 1 aromatic carbocycles. The standard InChI is InChI=1S/C11H14ClF2NO3S/c1-18-7-9(4-5-12)15-19(16,17)11-6-8(13)2-3-10(11)14/h2-3,6,9,15H,4-5,7H2,1H3. The highest BCUT2D eigenvalue weighted by atomic mass is 35.5. The first kappa shape index (κ1) is 16.3. The smallest absolute Gasteiger partial charge is 0.243 e. The summed E-state index contributed by atoms with van der Waals surface area (Å²) in [7, 11) is -2.76. The van der Waals surface area contributed by atoms with Crippen LogP contribution in [-0.2, 0) is 14.8 Å². The van der Waals surface area contributed by atoms with Crippen LogP contribution in [0.3, 0.4) is 0 Å². The van der Waals surface area contributed by atoms with Crippen molar-refractivity contribution in [2.24, 2.45) is 0 Å². The van der Waals surface area contributed by atoms with E-state index in [2.05, 4.69) is 4.72 Å². The van der Waals surface area contributed by atoms with Gasteiger partial charge in [0.1, 0.15) is 16.5 Å². The van der Waals surface area contributed by atoms with Crippen molar-refractivity contribution >= 4 is 21.6 Å². The predicted octanol–water partition coefficient (Wildman–Crippen LogP) is 1.89. The Hall–Kier alpha value is -0.760. The van der Waals surface area contributed by atoms with Gasteiger partial charge in [-0.2, -0.15) is 0 Å². The maximum atomic E-state index is 13.4. The van der Waals surface area contributed by atoms with Crippen LogP contribution in [0.25, 0.3) is 0 Å². The highest BCUT2D eigenvalue weighted by Crippen LogP contribution is 2.16. The van der Waals surface area contributed by atoms with Crippen LogP contribution in [0.1, 0.15) is 6.42 Å². The van der Waals surface area contributed by atoms with Gasteiger partial charge in [0, 0.05) is 19.0 Å². The number of rotatable bonds is 7. The van der Waals surface area contributed by atoms with Gasteiger partial charge in [-0.15, -0.1) is 11.6 Å². The van der Waals surface area contributed by atoms with Crippen LogP contribution in [0, 0.1) is 11.6 Å². The molecule has 0 saturated heterocycles. The predicted molar refractivity (Wildman–Crippen MR) is 67.7 cm³/mol. The summed E-state index contributed by atoms with van der Waals surface area (Å²) in [5.74, 6) is -1.64. The maximum absolute atomic E-state index is 13.4. The van der Waals surface area contributed by atoms with Crippen molar-refractivity contribution < 1.29 is 21.9 Å². The Kier molecular flexibility index (Phi) is 6.12. The van der Waals surface area contributed by atoms with Crippen LogP contribution in [0.5, 0.6) is 0 Å². The SMILES string of the molecule is COCC(CCCl)NS(=O)(=O)c1cc(F)ccc1F. The molecule has 1 rings (SSSR count). The van der Waals surface area contributed by atoms with Gasteiger partial charge >= 0.3 is 0 Å². The second kappa shape index (κ2) is 7.14. The fraction of sp³-hybridized carbons (Fsp3) is 0.455.